The van der Waals surface area contributed by atoms with E-state index in [1.165, 1.54) is 58.2 Å². The van der Waals surface area contributed by atoms with Crippen LogP contribution in [-0.4, -0.2) is 37.6 Å². The highest BCUT2D eigenvalue weighted by molar-refractivity contribution is 4.94. The number of hydrogen-bond acceptors (Lipinski definition) is 2. The maximum atomic E-state index is 3.63. The third-order valence-corrected chi connectivity index (χ3v) is 5.70. The molecule has 2 fully saturated rings. The van der Waals surface area contributed by atoms with Crippen molar-refractivity contribution in [1.29, 1.82) is 0 Å². The lowest BCUT2D eigenvalue weighted by atomic mass is 9.67. The minimum absolute atomic E-state index is 0.466. The van der Waals surface area contributed by atoms with Crippen LogP contribution in [0.3, 0.4) is 0 Å². The van der Waals surface area contributed by atoms with Crippen molar-refractivity contribution in [3.05, 3.63) is 0 Å². The highest BCUT2D eigenvalue weighted by Gasteiger charge is 2.38. The Bertz CT molecular complexity index is 270. The molecule has 0 saturated heterocycles. The van der Waals surface area contributed by atoms with E-state index in [0.29, 0.717) is 11.5 Å². The van der Waals surface area contributed by atoms with Crippen molar-refractivity contribution in [3.8, 4) is 0 Å². The molecule has 0 radical (unpaired) electrons. The molecule has 0 amide bonds. The summed E-state index contributed by atoms with van der Waals surface area (Å²) in [5.41, 5.74) is 0.466. The van der Waals surface area contributed by atoms with E-state index in [-0.39, 0.29) is 0 Å². The molecule has 0 aromatic carbocycles. The molecule has 112 valence electrons. The molecule has 0 aromatic heterocycles. The highest BCUT2D eigenvalue weighted by atomic mass is 15.1. The summed E-state index contributed by atoms with van der Waals surface area (Å²) in [5, 5.41) is 3.63. The maximum absolute atomic E-state index is 3.63. The number of nitrogens with zero attached hydrogens (tertiary/aromatic N) is 1. The first-order chi connectivity index (χ1) is 9.06. The lowest BCUT2D eigenvalue weighted by Gasteiger charge is -2.46. The van der Waals surface area contributed by atoms with Gasteiger partial charge in [0.2, 0.25) is 0 Å². The Kier molecular flexibility index (Phi) is 5.30. The monoisotopic (exact) mass is 266 g/mol. The third kappa shape index (κ3) is 3.72. The molecular formula is C17H34N2. The predicted molar refractivity (Wildman–Crippen MR) is 83.4 cm³/mol. The zero-order chi connectivity index (χ0) is 13.9. The smallest absolute Gasteiger partial charge is 0.0156 e. The molecule has 2 aliphatic rings. The first-order valence-electron chi connectivity index (χ1n) is 8.46. The van der Waals surface area contributed by atoms with Crippen LogP contribution >= 0.6 is 0 Å². The molecule has 19 heavy (non-hydrogen) atoms. The van der Waals surface area contributed by atoms with E-state index in [2.05, 4.69) is 38.0 Å². The molecule has 2 rings (SSSR count). The van der Waals surface area contributed by atoms with Crippen LogP contribution < -0.4 is 5.32 Å². The van der Waals surface area contributed by atoms with Crippen molar-refractivity contribution in [2.45, 2.75) is 65.3 Å². The zero-order valence-corrected chi connectivity index (χ0v) is 13.5. The van der Waals surface area contributed by atoms with Crippen LogP contribution in [0.5, 0.6) is 0 Å². The van der Waals surface area contributed by atoms with E-state index in [4.69, 9.17) is 0 Å². The Morgan fingerprint density at radius 1 is 1.11 bits per heavy atom. The van der Waals surface area contributed by atoms with Crippen LogP contribution in [-0.2, 0) is 0 Å². The molecule has 2 heteroatoms. The molecule has 0 aromatic rings. The molecule has 1 N–H and O–H groups in total. The summed E-state index contributed by atoms with van der Waals surface area (Å²) in [4.78, 5) is 2.72. The van der Waals surface area contributed by atoms with Crippen molar-refractivity contribution >= 4 is 0 Å². The van der Waals surface area contributed by atoms with E-state index >= 15 is 0 Å². The summed E-state index contributed by atoms with van der Waals surface area (Å²) in [6, 6.07) is 0.691. The van der Waals surface area contributed by atoms with E-state index < -0.39 is 0 Å². The minimum atomic E-state index is 0.466. The molecule has 2 atom stereocenters. The molecule has 0 aliphatic heterocycles. The fourth-order valence-electron chi connectivity index (χ4n) is 4.31. The molecule has 2 aliphatic carbocycles. The fraction of sp³-hybridized carbons (Fsp3) is 1.00. The van der Waals surface area contributed by atoms with Crippen LogP contribution in [0.2, 0.25) is 0 Å². The van der Waals surface area contributed by atoms with E-state index in [1.54, 1.807) is 0 Å². The van der Waals surface area contributed by atoms with Crippen molar-refractivity contribution in [3.63, 3.8) is 0 Å². The zero-order valence-electron chi connectivity index (χ0n) is 13.5. The SMILES string of the molecule is CCN(CC1CCC1)CC1CCCC(C)(C)C1NC. The van der Waals surface area contributed by atoms with Crippen molar-refractivity contribution < 1.29 is 0 Å². The number of hydrogen-bond donors (Lipinski definition) is 1. The minimum Gasteiger partial charge on any atom is -0.316 e. The molecule has 2 nitrogen and oxygen atoms in total. The van der Waals surface area contributed by atoms with Gasteiger partial charge in [0.25, 0.3) is 0 Å². The molecule has 2 unspecified atom stereocenters. The molecule has 0 spiro atoms. The second-order valence-corrected chi connectivity index (χ2v) is 7.56. The Morgan fingerprint density at radius 3 is 2.37 bits per heavy atom. The van der Waals surface area contributed by atoms with Gasteiger partial charge >= 0.3 is 0 Å². The van der Waals surface area contributed by atoms with E-state index in [1.807, 2.05) is 0 Å². The van der Waals surface area contributed by atoms with Crippen LogP contribution in [0.15, 0.2) is 0 Å². The largest absolute Gasteiger partial charge is 0.316 e. The Morgan fingerprint density at radius 2 is 1.84 bits per heavy atom. The molecule has 0 heterocycles. The van der Waals surface area contributed by atoms with Gasteiger partial charge in [-0.05, 0) is 56.5 Å². The average Bonchev–Trinajstić information content (AvgIpc) is 2.31. The van der Waals surface area contributed by atoms with Gasteiger partial charge in [0.05, 0.1) is 0 Å². The van der Waals surface area contributed by atoms with Gasteiger partial charge < -0.3 is 10.2 Å². The maximum Gasteiger partial charge on any atom is 0.0156 e. The van der Waals surface area contributed by atoms with E-state index in [9.17, 15) is 0 Å². The lowest BCUT2D eigenvalue weighted by molar-refractivity contribution is 0.0738. The van der Waals surface area contributed by atoms with Gasteiger partial charge in [-0.25, -0.2) is 0 Å². The summed E-state index contributed by atoms with van der Waals surface area (Å²) in [6.45, 7) is 11.1. The number of rotatable bonds is 6. The summed E-state index contributed by atoms with van der Waals surface area (Å²) in [7, 11) is 2.16. The topological polar surface area (TPSA) is 15.3 Å². The molecule has 0 bridgehead atoms. The van der Waals surface area contributed by atoms with E-state index in [0.717, 1.165) is 11.8 Å². The second kappa shape index (κ2) is 6.58. The number of nitrogens with one attached hydrogen (secondary N) is 1. The summed E-state index contributed by atoms with van der Waals surface area (Å²) in [5.74, 6) is 1.85. The lowest BCUT2D eigenvalue weighted by Crippen LogP contribution is -2.52. The third-order valence-electron chi connectivity index (χ3n) is 5.70. The first kappa shape index (κ1) is 15.3. The summed E-state index contributed by atoms with van der Waals surface area (Å²) < 4.78 is 0. The Hall–Kier alpha value is -0.0800. The summed E-state index contributed by atoms with van der Waals surface area (Å²) >= 11 is 0. The van der Waals surface area contributed by atoms with Gasteiger partial charge in [-0.1, -0.05) is 33.6 Å². The second-order valence-electron chi connectivity index (χ2n) is 7.56. The normalized spacial score (nSPS) is 31.4. The van der Waals surface area contributed by atoms with Crippen molar-refractivity contribution in [1.82, 2.24) is 10.2 Å². The molecular weight excluding hydrogens is 232 g/mol. The van der Waals surface area contributed by atoms with Gasteiger partial charge in [-0.3, -0.25) is 0 Å². The Labute approximate surface area is 120 Å². The first-order valence-corrected chi connectivity index (χ1v) is 8.46. The van der Waals surface area contributed by atoms with Crippen LogP contribution in [0.4, 0.5) is 0 Å². The van der Waals surface area contributed by atoms with Gasteiger partial charge in [0, 0.05) is 19.1 Å². The predicted octanol–water partition coefficient (Wildman–Crippen LogP) is 3.52. The van der Waals surface area contributed by atoms with Gasteiger partial charge in [-0.2, -0.15) is 0 Å². The molecule has 2 saturated carbocycles. The quantitative estimate of drug-likeness (QED) is 0.791. The Balaban J connectivity index is 1.90. The average molecular weight is 266 g/mol. The van der Waals surface area contributed by atoms with Crippen molar-refractivity contribution in [2.75, 3.05) is 26.7 Å². The van der Waals surface area contributed by atoms with Crippen molar-refractivity contribution in [2.24, 2.45) is 17.3 Å². The fourth-order valence-corrected chi connectivity index (χ4v) is 4.31. The highest BCUT2D eigenvalue weighted by Crippen LogP contribution is 2.39. The van der Waals surface area contributed by atoms with Gasteiger partial charge in [-0.15, -0.1) is 0 Å². The standard InChI is InChI=1S/C17H34N2/c1-5-19(12-14-8-6-9-14)13-15-10-7-11-17(2,3)16(15)18-4/h14-16,18H,5-13H2,1-4H3. The van der Waals surface area contributed by atoms with Crippen LogP contribution in [0.25, 0.3) is 0 Å². The van der Waals surface area contributed by atoms with Crippen LogP contribution in [0, 0.1) is 17.3 Å². The summed E-state index contributed by atoms with van der Waals surface area (Å²) in [6.07, 6.45) is 8.62. The van der Waals surface area contributed by atoms with Gasteiger partial charge in [0.1, 0.15) is 0 Å². The van der Waals surface area contributed by atoms with Gasteiger partial charge in [0.15, 0.2) is 0 Å². The van der Waals surface area contributed by atoms with Crippen LogP contribution in [0.1, 0.15) is 59.3 Å².